The second-order valence-electron chi connectivity index (χ2n) is 12.8. The number of nitrogens with zero attached hydrogens (tertiary/aromatic N) is 3. The summed E-state index contributed by atoms with van der Waals surface area (Å²) < 4.78 is 2.85. The molecule has 3 nitrogen and oxygen atoms in total. The molecule has 0 atom stereocenters. The number of fused-ring (bicyclic) bond motifs is 7. The van der Waals surface area contributed by atoms with Gasteiger partial charge in [0.15, 0.2) is 0 Å². The minimum atomic E-state index is 0.106. The standard InChI is InChI=1S/C47H29N3Se/c1-4-13-30(14-5-1)35-20-12-21-36(27-35)46-48-45(34-18-8-3-9-19-34)49-47(50-46)37-28-40(31-15-6-2-7-16-31)43-41(29-37)39-26-25-33-24-23-32-17-10-11-22-38(32)42(33)44(39)51-43/h1-29H. The van der Waals surface area contributed by atoms with Gasteiger partial charge in [-0.15, -0.1) is 0 Å². The van der Waals surface area contributed by atoms with E-state index in [4.69, 9.17) is 15.0 Å². The predicted octanol–water partition coefficient (Wildman–Crippen LogP) is 11.9. The van der Waals surface area contributed by atoms with Crippen LogP contribution in [0.15, 0.2) is 176 Å². The third-order valence-electron chi connectivity index (χ3n) is 9.68. The first-order valence-corrected chi connectivity index (χ1v) is 18.8. The van der Waals surface area contributed by atoms with Gasteiger partial charge in [-0.3, -0.25) is 0 Å². The SMILES string of the molecule is c1ccc(-c2cccc(-c3nc(-c4ccccc4)nc(-c4cc(-c5ccccc5)c5[se]c6c(ccc7ccc8ccccc8c76)c5c4)n3)c2)cc1. The summed E-state index contributed by atoms with van der Waals surface area (Å²) in [5, 5.41) is 7.82. The summed E-state index contributed by atoms with van der Waals surface area (Å²) in [4.78, 5) is 15.5. The summed E-state index contributed by atoms with van der Waals surface area (Å²) in [5.41, 5.74) is 7.61. The van der Waals surface area contributed by atoms with Gasteiger partial charge in [0.1, 0.15) is 0 Å². The van der Waals surface area contributed by atoms with Crippen LogP contribution in [0.3, 0.4) is 0 Å². The Kier molecular flexibility index (Phi) is 7.16. The maximum absolute atomic E-state index is 5.22. The Morgan fingerprint density at radius 1 is 0.314 bits per heavy atom. The van der Waals surface area contributed by atoms with Crippen LogP contribution in [0.2, 0.25) is 0 Å². The van der Waals surface area contributed by atoms with Gasteiger partial charge in [-0.05, 0) is 0 Å². The van der Waals surface area contributed by atoms with E-state index < -0.39 is 0 Å². The Morgan fingerprint density at radius 3 is 1.65 bits per heavy atom. The molecule has 0 saturated carbocycles. The first kappa shape index (κ1) is 29.7. The molecule has 0 aliphatic heterocycles. The van der Waals surface area contributed by atoms with Crippen LogP contribution in [0.4, 0.5) is 0 Å². The zero-order chi connectivity index (χ0) is 33.7. The van der Waals surface area contributed by atoms with Crippen molar-refractivity contribution in [2.75, 3.05) is 0 Å². The van der Waals surface area contributed by atoms with Gasteiger partial charge in [0.25, 0.3) is 0 Å². The molecule has 0 saturated heterocycles. The van der Waals surface area contributed by atoms with Crippen LogP contribution in [-0.4, -0.2) is 29.5 Å². The summed E-state index contributed by atoms with van der Waals surface area (Å²) in [6.45, 7) is 0. The maximum atomic E-state index is 5.22. The molecule has 0 amide bonds. The molecular weight excluding hydrogens is 685 g/mol. The monoisotopic (exact) mass is 715 g/mol. The molecule has 51 heavy (non-hydrogen) atoms. The van der Waals surface area contributed by atoms with Gasteiger partial charge in [0.05, 0.1) is 0 Å². The molecule has 8 aromatic carbocycles. The number of hydrogen-bond donors (Lipinski definition) is 0. The Morgan fingerprint density at radius 2 is 0.882 bits per heavy atom. The number of benzene rings is 8. The molecule has 238 valence electrons. The molecular formula is C47H29N3Se. The summed E-state index contributed by atoms with van der Waals surface area (Å²) in [6, 6.07) is 62.4. The van der Waals surface area contributed by atoms with Crippen LogP contribution in [0, 0.1) is 0 Å². The number of hydrogen-bond acceptors (Lipinski definition) is 3. The summed E-state index contributed by atoms with van der Waals surface area (Å²) in [6.07, 6.45) is 0. The molecule has 4 heteroatoms. The third-order valence-corrected chi connectivity index (χ3v) is 12.4. The molecule has 2 aromatic heterocycles. The van der Waals surface area contributed by atoms with E-state index in [1.807, 2.05) is 24.3 Å². The third kappa shape index (κ3) is 5.25. The Balaban J connectivity index is 1.25. The van der Waals surface area contributed by atoms with E-state index in [1.54, 1.807) is 0 Å². The van der Waals surface area contributed by atoms with Gasteiger partial charge in [0, 0.05) is 0 Å². The van der Waals surface area contributed by atoms with Gasteiger partial charge in [-0.1, -0.05) is 18.2 Å². The van der Waals surface area contributed by atoms with Crippen molar-refractivity contribution in [1.29, 1.82) is 0 Å². The molecule has 0 aliphatic carbocycles. The first-order valence-electron chi connectivity index (χ1n) is 17.1. The van der Waals surface area contributed by atoms with Crippen LogP contribution in [0.1, 0.15) is 0 Å². The van der Waals surface area contributed by atoms with Crippen molar-refractivity contribution in [2.45, 2.75) is 0 Å². The fraction of sp³-hybridized carbons (Fsp3) is 0. The van der Waals surface area contributed by atoms with E-state index >= 15 is 0 Å². The minimum absolute atomic E-state index is 0.106. The van der Waals surface area contributed by atoms with Crippen molar-refractivity contribution in [1.82, 2.24) is 15.0 Å². The number of rotatable bonds is 5. The van der Waals surface area contributed by atoms with Crippen molar-refractivity contribution < 1.29 is 0 Å². The second kappa shape index (κ2) is 12.3. The van der Waals surface area contributed by atoms with Crippen LogP contribution in [-0.2, 0) is 0 Å². The molecule has 10 rings (SSSR count). The van der Waals surface area contributed by atoms with E-state index in [0.29, 0.717) is 17.5 Å². The van der Waals surface area contributed by atoms with E-state index in [2.05, 4.69) is 152 Å². The molecule has 0 fully saturated rings. The van der Waals surface area contributed by atoms with E-state index in [0.717, 1.165) is 27.8 Å². The van der Waals surface area contributed by atoms with E-state index in [-0.39, 0.29) is 14.5 Å². The van der Waals surface area contributed by atoms with Gasteiger partial charge in [-0.2, -0.15) is 0 Å². The summed E-state index contributed by atoms with van der Waals surface area (Å²) >= 11 is 0.106. The van der Waals surface area contributed by atoms with Gasteiger partial charge in [-0.25, -0.2) is 0 Å². The molecule has 0 spiro atoms. The fourth-order valence-corrected chi connectivity index (χ4v) is 10.1. The normalized spacial score (nSPS) is 11.5. The molecule has 0 unspecified atom stereocenters. The van der Waals surface area contributed by atoms with E-state index in [1.165, 1.54) is 52.0 Å². The molecule has 0 N–H and O–H groups in total. The molecule has 10 aromatic rings. The first-order chi connectivity index (χ1) is 25.3. The van der Waals surface area contributed by atoms with E-state index in [9.17, 15) is 0 Å². The van der Waals surface area contributed by atoms with Crippen LogP contribution >= 0.6 is 0 Å². The smallest absolute Gasteiger partial charge is 0.0617 e. The van der Waals surface area contributed by atoms with Crippen molar-refractivity contribution in [3.63, 3.8) is 0 Å². The van der Waals surface area contributed by atoms with Crippen molar-refractivity contribution >= 4 is 55.3 Å². The Labute approximate surface area is 301 Å². The minimum Gasteiger partial charge on any atom is -0.0617 e. The zero-order valence-corrected chi connectivity index (χ0v) is 29.2. The van der Waals surface area contributed by atoms with Crippen molar-refractivity contribution in [3.05, 3.63) is 176 Å². The Hall–Kier alpha value is -6.19. The topological polar surface area (TPSA) is 38.7 Å². The summed E-state index contributed by atoms with van der Waals surface area (Å²) in [7, 11) is 0. The molecule has 0 aliphatic rings. The Bertz CT molecular complexity index is 2900. The van der Waals surface area contributed by atoms with Crippen LogP contribution in [0.25, 0.3) is 97.3 Å². The zero-order valence-electron chi connectivity index (χ0n) is 27.5. The average Bonchev–Trinajstić information content (AvgIpc) is 3.60. The molecule has 0 radical (unpaired) electrons. The van der Waals surface area contributed by atoms with Gasteiger partial charge < -0.3 is 0 Å². The molecule has 0 bridgehead atoms. The quantitative estimate of drug-likeness (QED) is 0.132. The average molecular weight is 715 g/mol. The summed E-state index contributed by atoms with van der Waals surface area (Å²) in [5.74, 6) is 1.97. The van der Waals surface area contributed by atoms with Crippen molar-refractivity contribution in [2.24, 2.45) is 0 Å². The van der Waals surface area contributed by atoms with Crippen molar-refractivity contribution in [3.8, 4) is 56.4 Å². The van der Waals surface area contributed by atoms with Gasteiger partial charge >= 0.3 is 284 Å². The van der Waals surface area contributed by atoms with Crippen LogP contribution in [0.5, 0.6) is 0 Å². The van der Waals surface area contributed by atoms with Crippen LogP contribution < -0.4 is 0 Å². The number of aromatic nitrogens is 3. The predicted molar refractivity (Wildman–Crippen MR) is 214 cm³/mol. The van der Waals surface area contributed by atoms with Gasteiger partial charge in [0.2, 0.25) is 0 Å². The second-order valence-corrected chi connectivity index (χ2v) is 15.0. The fourth-order valence-electron chi connectivity index (χ4n) is 7.20. The molecule has 2 heterocycles.